The molecule has 1 unspecified atom stereocenters. The van der Waals surface area contributed by atoms with E-state index in [1.54, 1.807) is 38.7 Å². The number of carbonyl (C=O) groups is 1. The number of thioether (sulfide) groups is 1. The molecule has 41 heavy (non-hydrogen) atoms. The van der Waals surface area contributed by atoms with E-state index in [4.69, 9.17) is 14.5 Å². The van der Waals surface area contributed by atoms with E-state index in [2.05, 4.69) is 15.3 Å². The Balaban J connectivity index is 1.34. The van der Waals surface area contributed by atoms with Crippen molar-refractivity contribution in [2.45, 2.75) is 17.3 Å². The number of benzene rings is 3. The Kier molecular flexibility index (Phi) is 8.31. The van der Waals surface area contributed by atoms with Crippen LogP contribution in [-0.4, -0.2) is 45.3 Å². The first-order valence-electron chi connectivity index (χ1n) is 12.4. The molecule has 10 nitrogen and oxygen atoms in total. The van der Waals surface area contributed by atoms with Crippen molar-refractivity contribution in [2.75, 3.05) is 19.5 Å². The van der Waals surface area contributed by atoms with Crippen LogP contribution < -0.4 is 14.8 Å². The number of nitro benzene ring substituents is 1. The molecule has 2 heterocycles. The van der Waals surface area contributed by atoms with E-state index in [0.29, 0.717) is 21.5 Å². The molecule has 5 aromatic rings. The molecule has 5 rings (SSSR count). The Bertz CT molecular complexity index is 1620. The molecule has 0 aliphatic heterocycles. The van der Waals surface area contributed by atoms with Gasteiger partial charge in [-0.1, -0.05) is 23.9 Å². The first-order chi connectivity index (χ1) is 19.8. The summed E-state index contributed by atoms with van der Waals surface area (Å²) in [6.45, 7) is 1.79. The van der Waals surface area contributed by atoms with Gasteiger partial charge in [-0.05, 0) is 55.5 Å². The van der Waals surface area contributed by atoms with Gasteiger partial charge in [0.05, 0.1) is 41.5 Å². The van der Waals surface area contributed by atoms with Crippen molar-refractivity contribution in [1.82, 2.24) is 15.0 Å². The molecular weight excluding hydrogens is 562 g/mol. The molecule has 0 radical (unpaired) electrons. The zero-order valence-electron chi connectivity index (χ0n) is 22.3. The standard InChI is InChI=1S/C29H25N5O5S2/c1-17(27(35)33-28-30-24(16-40-28)20-5-4-6-21(15-20)34(36)37)41-29-31-25(18-7-11-22(38-2)12-8-18)26(32-29)19-9-13-23(39-3)14-10-19/h4-17H,1-3H3,(H,31,32)(H,30,33,35). The van der Waals surface area contributed by atoms with Gasteiger partial charge in [0.25, 0.3) is 5.69 Å². The number of anilines is 1. The summed E-state index contributed by atoms with van der Waals surface area (Å²) in [5.41, 5.74) is 4.51. The van der Waals surface area contributed by atoms with Crippen LogP contribution in [0.2, 0.25) is 0 Å². The van der Waals surface area contributed by atoms with Crippen molar-refractivity contribution in [3.8, 4) is 45.3 Å². The molecule has 0 saturated heterocycles. The smallest absolute Gasteiger partial charge is 0.270 e. The molecule has 1 atom stereocenters. The van der Waals surface area contributed by atoms with Crippen molar-refractivity contribution in [3.63, 3.8) is 0 Å². The van der Waals surface area contributed by atoms with Crippen LogP contribution in [0, 0.1) is 10.1 Å². The molecule has 0 spiro atoms. The van der Waals surface area contributed by atoms with E-state index < -0.39 is 10.2 Å². The number of ether oxygens (including phenoxy) is 2. The topological polar surface area (TPSA) is 132 Å². The van der Waals surface area contributed by atoms with Crippen molar-refractivity contribution < 1.29 is 19.2 Å². The van der Waals surface area contributed by atoms with Crippen LogP contribution in [0.4, 0.5) is 10.8 Å². The molecule has 0 aliphatic carbocycles. The maximum atomic E-state index is 13.1. The quantitative estimate of drug-likeness (QED) is 0.102. The average Bonchev–Trinajstić information content (AvgIpc) is 3.64. The summed E-state index contributed by atoms with van der Waals surface area (Å²) in [6.07, 6.45) is 0. The van der Waals surface area contributed by atoms with Crippen molar-refractivity contribution in [3.05, 3.63) is 88.3 Å². The second-order valence-electron chi connectivity index (χ2n) is 8.82. The number of imidazole rings is 1. The molecule has 12 heteroatoms. The number of rotatable bonds is 10. The van der Waals surface area contributed by atoms with Gasteiger partial charge in [-0.15, -0.1) is 11.3 Å². The summed E-state index contributed by atoms with van der Waals surface area (Å²) < 4.78 is 10.6. The highest BCUT2D eigenvalue weighted by atomic mass is 32.2. The number of nitrogens with zero attached hydrogens (tertiary/aromatic N) is 3. The fraction of sp³-hybridized carbons (Fsp3) is 0.138. The minimum Gasteiger partial charge on any atom is -0.497 e. The van der Waals surface area contributed by atoms with Crippen LogP contribution in [-0.2, 0) is 4.79 Å². The molecule has 208 valence electrons. The molecule has 2 N–H and O–H groups in total. The van der Waals surface area contributed by atoms with Crippen LogP contribution in [0.5, 0.6) is 11.5 Å². The van der Waals surface area contributed by atoms with E-state index >= 15 is 0 Å². The summed E-state index contributed by atoms with van der Waals surface area (Å²) in [7, 11) is 3.24. The van der Waals surface area contributed by atoms with E-state index in [-0.39, 0.29) is 11.6 Å². The predicted octanol–water partition coefficient (Wildman–Crippen LogP) is 6.91. The van der Waals surface area contributed by atoms with Crippen molar-refractivity contribution in [1.29, 1.82) is 0 Å². The lowest BCUT2D eigenvalue weighted by molar-refractivity contribution is -0.384. The average molecular weight is 588 g/mol. The summed E-state index contributed by atoms with van der Waals surface area (Å²) in [5, 5.41) is 16.2. The van der Waals surface area contributed by atoms with Crippen LogP contribution >= 0.6 is 23.1 Å². The Morgan fingerprint density at radius 2 is 1.63 bits per heavy atom. The number of aromatic amines is 1. The summed E-state index contributed by atoms with van der Waals surface area (Å²) in [4.78, 5) is 36.4. The number of thiazole rings is 1. The lowest BCUT2D eigenvalue weighted by Crippen LogP contribution is -2.22. The van der Waals surface area contributed by atoms with Gasteiger partial charge in [-0.3, -0.25) is 14.9 Å². The van der Waals surface area contributed by atoms with Crippen molar-refractivity contribution >= 4 is 39.8 Å². The van der Waals surface area contributed by atoms with Gasteiger partial charge in [-0.2, -0.15) is 0 Å². The molecule has 0 fully saturated rings. The largest absolute Gasteiger partial charge is 0.497 e. The first-order valence-corrected chi connectivity index (χ1v) is 14.2. The number of H-pyrrole nitrogens is 1. The number of aromatic nitrogens is 3. The van der Waals surface area contributed by atoms with Gasteiger partial charge >= 0.3 is 0 Å². The van der Waals surface area contributed by atoms with Gasteiger partial charge in [-0.25, -0.2) is 9.97 Å². The monoisotopic (exact) mass is 587 g/mol. The summed E-state index contributed by atoms with van der Waals surface area (Å²) in [5.74, 6) is 1.24. The summed E-state index contributed by atoms with van der Waals surface area (Å²) in [6, 6.07) is 21.5. The number of non-ortho nitro benzene ring substituents is 1. The number of methoxy groups -OCH3 is 2. The Morgan fingerprint density at radius 3 is 2.27 bits per heavy atom. The van der Waals surface area contributed by atoms with E-state index in [0.717, 1.165) is 34.0 Å². The van der Waals surface area contributed by atoms with Gasteiger partial charge in [0.2, 0.25) is 5.91 Å². The van der Waals surface area contributed by atoms with Gasteiger partial charge < -0.3 is 19.8 Å². The number of hydrogen-bond acceptors (Lipinski definition) is 9. The second kappa shape index (κ2) is 12.2. The number of nitro groups is 1. The van der Waals surface area contributed by atoms with Crippen LogP contribution in [0.1, 0.15) is 6.92 Å². The fourth-order valence-electron chi connectivity index (χ4n) is 4.00. The van der Waals surface area contributed by atoms with Crippen LogP contribution in [0.3, 0.4) is 0 Å². The molecular formula is C29H25N5O5S2. The zero-order chi connectivity index (χ0) is 28.9. The zero-order valence-corrected chi connectivity index (χ0v) is 23.9. The maximum Gasteiger partial charge on any atom is 0.270 e. The number of hydrogen-bond donors (Lipinski definition) is 2. The molecule has 0 saturated carbocycles. The molecule has 3 aromatic carbocycles. The van der Waals surface area contributed by atoms with Crippen LogP contribution in [0.25, 0.3) is 33.8 Å². The van der Waals surface area contributed by atoms with Gasteiger partial charge in [0, 0.05) is 34.2 Å². The summed E-state index contributed by atoms with van der Waals surface area (Å²) >= 11 is 2.54. The first kappa shape index (κ1) is 27.9. The maximum absolute atomic E-state index is 13.1. The minimum absolute atomic E-state index is 0.0208. The number of nitrogens with one attached hydrogen (secondary N) is 2. The number of amides is 1. The van der Waals surface area contributed by atoms with E-state index in [1.807, 2.05) is 48.5 Å². The van der Waals surface area contributed by atoms with Gasteiger partial charge in [0.15, 0.2) is 10.3 Å². The van der Waals surface area contributed by atoms with Gasteiger partial charge in [0.1, 0.15) is 11.5 Å². The third-order valence-corrected chi connectivity index (χ3v) is 7.91. The SMILES string of the molecule is COc1ccc(-c2nc(SC(C)C(=O)Nc3nc(-c4cccc([N+](=O)[O-])c4)cs3)[nH]c2-c2ccc(OC)cc2)cc1. The third-order valence-electron chi connectivity index (χ3n) is 6.17. The van der Waals surface area contributed by atoms with E-state index in [9.17, 15) is 14.9 Å². The highest BCUT2D eigenvalue weighted by molar-refractivity contribution is 8.00. The third kappa shape index (κ3) is 6.39. The predicted molar refractivity (Wildman–Crippen MR) is 161 cm³/mol. The lowest BCUT2D eigenvalue weighted by Gasteiger charge is -2.08. The fourth-order valence-corrected chi connectivity index (χ4v) is 5.53. The Hall–Kier alpha value is -4.68. The Morgan fingerprint density at radius 1 is 0.976 bits per heavy atom. The molecule has 1 amide bonds. The van der Waals surface area contributed by atoms with Crippen LogP contribution in [0.15, 0.2) is 83.3 Å². The lowest BCUT2D eigenvalue weighted by atomic mass is 10.0. The molecule has 0 aliphatic rings. The second-order valence-corrected chi connectivity index (χ2v) is 11.0. The minimum atomic E-state index is -0.501. The van der Waals surface area contributed by atoms with E-state index in [1.165, 1.54) is 35.2 Å². The molecule has 0 bridgehead atoms. The Labute approximate surface area is 243 Å². The normalized spacial score (nSPS) is 11.6. The highest BCUT2D eigenvalue weighted by Crippen LogP contribution is 2.35. The highest BCUT2D eigenvalue weighted by Gasteiger charge is 2.21. The van der Waals surface area contributed by atoms with Crippen molar-refractivity contribution in [2.24, 2.45) is 0 Å². The number of carbonyl (C=O) groups excluding carboxylic acids is 1. The molecule has 2 aromatic heterocycles.